The van der Waals surface area contributed by atoms with E-state index in [1.807, 2.05) is 17.7 Å². The molecule has 8 heteroatoms. The Kier molecular flexibility index (Phi) is 3.36. The summed E-state index contributed by atoms with van der Waals surface area (Å²) >= 11 is 0. The number of hydrogen-bond donors (Lipinski definition) is 1. The van der Waals surface area contributed by atoms with Crippen molar-refractivity contribution in [3.8, 4) is 0 Å². The van der Waals surface area contributed by atoms with Crippen LogP contribution in [-0.2, 0) is 24.3 Å². The molecule has 3 rings (SSSR count). The third-order valence-corrected chi connectivity index (χ3v) is 3.85. The minimum Gasteiger partial charge on any atom is -0.480 e. The van der Waals surface area contributed by atoms with E-state index < -0.39 is 12.0 Å². The average molecular weight is 291 g/mol. The molecule has 1 aliphatic heterocycles. The maximum absolute atomic E-state index is 12.4. The first-order valence-electron chi connectivity index (χ1n) is 7.03. The van der Waals surface area contributed by atoms with Crippen LogP contribution in [0.1, 0.15) is 37.5 Å². The van der Waals surface area contributed by atoms with Gasteiger partial charge in [0.1, 0.15) is 24.2 Å². The fourth-order valence-electron chi connectivity index (χ4n) is 2.78. The summed E-state index contributed by atoms with van der Waals surface area (Å²) in [6.45, 7) is 3.01. The Hall–Kier alpha value is -2.38. The lowest BCUT2D eigenvalue weighted by molar-refractivity contribution is -0.141. The van der Waals surface area contributed by atoms with Gasteiger partial charge < -0.3 is 9.67 Å². The number of carboxylic acids is 1. The van der Waals surface area contributed by atoms with Gasteiger partial charge in [0.2, 0.25) is 0 Å². The predicted octanol–water partition coefficient (Wildman–Crippen LogP) is 0.271. The standard InChI is InChI=1S/C13H17N5O3/c1-2-16-7-6-14-11(16)8-17-13(21)18-9(12(19)20)4-3-5-10(18)15-17/h6-7,9H,2-5,8H2,1H3,(H,19,20). The third-order valence-electron chi connectivity index (χ3n) is 3.85. The van der Waals surface area contributed by atoms with Crippen LogP contribution in [0.25, 0.3) is 0 Å². The molecule has 0 amide bonds. The average Bonchev–Trinajstić information content (AvgIpc) is 3.04. The van der Waals surface area contributed by atoms with Crippen LogP contribution < -0.4 is 5.69 Å². The molecule has 0 radical (unpaired) electrons. The summed E-state index contributed by atoms with van der Waals surface area (Å²) in [4.78, 5) is 27.9. The van der Waals surface area contributed by atoms with Gasteiger partial charge >= 0.3 is 11.7 Å². The molecule has 0 aliphatic carbocycles. The molecular weight excluding hydrogens is 274 g/mol. The monoisotopic (exact) mass is 291 g/mol. The maximum atomic E-state index is 12.4. The summed E-state index contributed by atoms with van der Waals surface area (Å²) < 4.78 is 4.55. The minimum absolute atomic E-state index is 0.256. The highest BCUT2D eigenvalue weighted by Crippen LogP contribution is 2.21. The van der Waals surface area contributed by atoms with Crippen molar-refractivity contribution in [1.29, 1.82) is 0 Å². The summed E-state index contributed by atoms with van der Waals surface area (Å²) in [5.41, 5.74) is -0.372. The first kappa shape index (κ1) is 13.6. The van der Waals surface area contributed by atoms with E-state index in [9.17, 15) is 14.7 Å². The highest BCUT2D eigenvalue weighted by atomic mass is 16.4. The number of rotatable bonds is 4. The molecule has 2 aromatic rings. The molecule has 0 aromatic carbocycles. The Labute approximate surface area is 120 Å². The van der Waals surface area contributed by atoms with Crippen molar-refractivity contribution < 1.29 is 9.90 Å². The second-order valence-electron chi connectivity index (χ2n) is 5.10. The summed E-state index contributed by atoms with van der Waals surface area (Å²) in [5, 5.41) is 13.5. The molecule has 8 nitrogen and oxygen atoms in total. The smallest absolute Gasteiger partial charge is 0.347 e. The van der Waals surface area contributed by atoms with E-state index in [1.54, 1.807) is 6.20 Å². The quantitative estimate of drug-likeness (QED) is 0.872. The number of nitrogens with zero attached hydrogens (tertiary/aromatic N) is 5. The number of carbonyl (C=O) groups is 1. The van der Waals surface area contributed by atoms with E-state index in [2.05, 4.69) is 10.1 Å². The van der Waals surface area contributed by atoms with E-state index in [-0.39, 0.29) is 12.2 Å². The van der Waals surface area contributed by atoms with Crippen LogP contribution in [0, 0.1) is 0 Å². The lowest BCUT2D eigenvalue weighted by Gasteiger charge is -2.19. The van der Waals surface area contributed by atoms with Crippen molar-refractivity contribution in [2.45, 2.75) is 45.3 Å². The molecule has 112 valence electrons. The van der Waals surface area contributed by atoms with Crippen LogP contribution in [0.15, 0.2) is 17.2 Å². The van der Waals surface area contributed by atoms with E-state index in [0.29, 0.717) is 18.7 Å². The predicted molar refractivity (Wildman–Crippen MR) is 73.1 cm³/mol. The molecule has 1 aliphatic rings. The summed E-state index contributed by atoms with van der Waals surface area (Å²) in [6.07, 6.45) is 5.36. The van der Waals surface area contributed by atoms with Gasteiger partial charge in [-0.15, -0.1) is 0 Å². The van der Waals surface area contributed by atoms with Gasteiger partial charge in [0.15, 0.2) is 0 Å². The van der Waals surface area contributed by atoms with Crippen LogP contribution in [0.5, 0.6) is 0 Å². The number of hydrogen-bond acceptors (Lipinski definition) is 4. The molecule has 0 saturated carbocycles. The largest absolute Gasteiger partial charge is 0.480 e. The van der Waals surface area contributed by atoms with Crippen molar-refractivity contribution in [2.75, 3.05) is 0 Å². The van der Waals surface area contributed by atoms with Gasteiger partial charge in [-0.2, -0.15) is 5.10 Å². The topological polar surface area (TPSA) is 94.9 Å². The highest BCUT2D eigenvalue weighted by molar-refractivity contribution is 5.72. The molecule has 1 N–H and O–H groups in total. The molecule has 0 fully saturated rings. The van der Waals surface area contributed by atoms with Gasteiger partial charge in [0, 0.05) is 25.4 Å². The number of imidazole rings is 1. The second kappa shape index (κ2) is 5.19. The van der Waals surface area contributed by atoms with E-state index in [1.165, 1.54) is 9.25 Å². The fraction of sp³-hybridized carbons (Fsp3) is 0.538. The molecule has 3 heterocycles. The fourth-order valence-corrected chi connectivity index (χ4v) is 2.78. The van der Waals surface area contributed by atoms with Crippen molar-refractivity contribution >= 4 is 5.97 Å². The van der Waals surface area contributed by atoms with Gasteiger partial charge in [0.05, 0.1) is 0 Å². The van der Waals surface area contributed by atoms with Crippen LogP contribution in [-0.4, -0.2) is 35.0 Å². The van der Waals surface area contributed by atoms with Gasteiger partial charge in [0.25, 0.3) is 0 Å². The highest BCUT2D eigenvalue weighted by Gasteiger charge is 2.30. The Balaban J connectivity index is 1.99. The Morgan fingerprint density at radius 1 is 1.52 bits per heavy atom. The molecule has 0 bridgehead atoms. The Morgan fingerprint density at radius 3 is 3.05 bits per heavy atom. The number of aryl methyl sites for hydroxylation is 2. The van der Waals surface area contributed by atoms with E-state index >= 15 is 0 Å². The number of carboxylic acid groups (broad SMARTS) is 1. The van der Waals surface area contributed by atoms with Crippen LogP contribution in [0.3, 0.4) is 0 Å². The molecule has 1 unspecified atom stereocenters. The van der Waals surface area contributed by atoms with Gasteiger partial charge in [-0.1, -0.05) is 0 Å². The van der Waals surface area contributed by atoms with Gasteiger partial charge in [-0.25, -0.2) is 19.3 Å². The van der Waals surface area contributed by atoms with E-state index in [0.717, 1.165) is 18.8 Å². The molecule has 21 heavy (non-hydrogen) atoms. The first-order valence-corrected chi connectivity index (χ1v) is 7.03. The summed E-state index contributed by atoms with van der Waals surface area (Å²) in [7, 11) is 0. The molecule has 1 atom stereocenters. The SMILES string of the molecule is CCn1ccnc1Cn1nc2n(c1=O)C(C(=O)O)CCC2. The normalized spacial score (nSPS) is 17.7. The second-order valence-corrected chi connectivity index (χ2v) is 5.10. The lowest BCUT2D eigenvalue weighted by atomic mass is 10.1. The zero-order valence-electron chi connectivity index (χ0n) is 11.8. The number of aromatic nitrogens is 5. The Bertz CT molecular complexity index is 726. The zero-order valence-corrected chi connectivity index (χ0v) is 11.8. The number of fused-ring (bicyclic) bond motifs is 1. The van der Waals surface area contributed by atoms with Crippen molar-refractivity contribution in [3.63, 3.8) is 0 Å². The van der Waals surface area contributed by atoms with E-state index in [4.69, 9.17) is 0 Å². The van der Waals surface area contributed by atoms with Crippen LogP contribution >= 0.6 is 0 Å². The van der Waals surface area contributed by atoms with Crippen molar-refractivity contribution in [1.82, 2.24) is 23.9 Å². The first-order chi connectivity index (χ1) is 10.1. The molecule has 0 spiro atoms. The molecular formula is C13H17N5O3. The maximum Gasteiger partial charge on any atom is 0.347 e. The minimum atomic E-state index is -0.979. The van der Waals surface area contributed by atoms with Crippen molar-refractivity contribution in [2.24, 2.45) is 0 Å². The van der Waals surface area contributed by atoms with Crippen LogP contribution in [0.4, 0.5) is 0 Å². The summed E-state index contributed by atoms with van der Waals surface area (Å²) in [5.74, 6) is 0.308. The number of aliphatic carboxylic acids is 1. The van der Waals surface area contributed by atoms with Gasteiger partial charge in [-0.3, -0.25) is 4.57 Å². The lowest BCUT2D eigenvalue weighted by Crippen LogP contribution is -2.34. The van der Waals surface area contributed by atoms with Gasteiger partial charge in [-0.05, 0) is 19.8 Å². The van der Waals surface area contributed by atoms with Crippen LogP contribution in [0.2, 0.25) is 0 Å². The summed E-state index contributed by atoms with van der Waals surface area (Å²) in [6, 6.07) is -0.805. The van der Waals surface area contributed by atoms with Crippen molar-refractivity contribution in [3.05, 3.63) is 34.5 Å². The molecule has 0 saturated heterocycles. The zero-order chi connectivity index (χ0) is 15.0. The Morgan fingerprint density at radius 2 is 2.33 bits per heavy atom. The molecule has 2 aromatic heterocycles. The third kappa shape index (κ3) is 2.26.